The highest BCUT2D eigenvalue weighted by molar-refractivity contribution is 7.08. The van der Waals surface area contributed by atoms with Crippen molar-refractivity contribution >= 4 is 109 Å². The van der Waals surface area contributed by atoms with E-state index in [9.17, 15) is 48.6 Å². The zero-order valence-corrected chi connectivity index (χ0v) is 59.8. The van der Waals surface area contributed by atoms with Crippen LogP contribution in [0.3, 0.4) is 0 Å². The van der Waals surface area contributed by atoms with E-state index in [0.717, 1.165) is 61.9 Å². The van der Waals surface area contributed by atoms with Crippen molar-refractivity contribution in [2.24, 2.45) is 17.3 Å². The molecule has 0 radical (unpaired) electrons. The molecule has 1 aliphatic carbocycles. The van der Waals surface area contributed by atoms with Crippen LogP contribution in [0.4, 0.5) is 17.1 Å². The lowest BCUT2D eigenvalue weighted by Gasteiger charge is -2.43. The van der Waals surface area contributed by atoms with Gasteiger partial charge < -0.3 is 64.8 Å². The third-order valence-electron chi connectivity index (χ3n) is 20.6. The Hall–Kier alpha value is -9.88. The summed E-state index contributed by atoms with van der Waals surface area (Å²) in [4.78, 5) is 129. The number of phenols is 1. The Morgan fingerprint density at radius 1 is 0.863 bits per heavy atom. The fraction of sp³-hybridized carbons (Fsp3) is 0.455. The molecule has 2 aromatic heterocycles. The van der Waals surface area contributed by atoms with E-state index in [1.165, 1.54) is 54.6 Å². The molecule has 540 valence electrons. The Balaban J connectivity index is 0.725. The summed E-state index contributed by atoms with van der Waals surface area (Å²) < 4.78 is 25.1. The van der Waals surface area contributed by atoms with Crippen LogP contribution in [-0.2, 0) is 49.6 Å². The highest BCUT2D eigenvalue weighted by atomic mass is 32.1. The largest absolute Gasteiger partial charge is 0.507 e. The topological polar surface area (TPSA) is 314 Å². The molecule has 0 unspecified atom stereocenters. The predicted molar refractivity (Wildman–Crippen MR) is 390 cm³/mol. The van der Waals surface area contributed by atoms with Crippen LogP contribution in [0.15, 0.2) is 116 Å². The molecule has 4 aromatic carbocycles. The van der Waals surface area contributed by atoms with Crippen molar-refractivity contribution in [3.8, 4) is 11.5 Å². The summed E-state index contributed by atoms with van der Waals surface area (Å²) in [6.45, 7) is 12.0. The van der Waals surface area contributed by atoms with E-state index in [1.807, 2.05) is 35.0 Å². The van der Waals surface area contributed by atoms with Crippen molar-refractivity contribution in [1.29, 1.82) is 0 Å². The number of aromatic nitrogens is 1. The van der Waals surface area contributed by atoms with Gasteiger partial charge >= 0.3 is 5.97 Å². The summed E-state index contributed by atoms with van der Waals surface area (Å²) in [5.74, 6) is -3.33. The van der Waals surface area contributed by atoms with Crippen molar-refractivity contribution in [3.63, 3.8) is 0 Å². The normalized spacial score (nSPS) is 21.2. The first kappa shape index (κ1) is 73.3. The van der Waals surface area contributed by atoms with Gasteiger partial charge in [0.1, 0.15) is 40.8 Å². The number of aliphatic hydroxyl groups excluding tert-OH is 1. The third-order valence-corrected chi connectivity index (χ3v) is 21.3. The molecule has 6 amide bonds. The van der Waals surface area contributed by atoms with Gasteiger partial charge in [-0.2, -0.15) is 11.3 Å². The number of ether oxygens (including phenoxy) is 3. The monoisotopic (exact) mass is 1410 g/mol. The first-order valence-electron chi connectivity index (χ1n) is 35.4. The maximum absolute atomic E-state index is 15.0. The molecule has 7 N–H and O–H groups in total. The van der Waals surface area contributed by atoms with Gasteiger partial charge in [-0.1, -0.05) is 57.0 Å². The van der Waals surface area contributed by atoms with Gasteiger partial charge in [-0.25, -0.2) is 4.98 Å². The number of esters is 1. The molecule has 11 rings (SSSR count). The van der Waals surface area contributed by atoms with Gasteiger partial charge in [0.25, 0.3) is 24.0 Å². The molecular weight excluding hydrogens is 1320 g/mol. The number of aromatic hydroxyl groups is 1. The smallest absolute Gasteiger partial charge is 0.302 e. The van der Waals surface area contributed by atoms with Crippen molar-refractivity contribution in [1.82, 2.24) is 25.8 Å². The maximum atomic E-state index is 15.0. The number of aliphatic hydroxyl groups is 1. The summed E-state index contributed by atoms with van der Waals surface area (Å²) in [6, 6.07) is 12.9. The standard InChI is InChI=1S/C77H91N9O15S/c1-45-16-13-18-46(2)57(99-49(5)87)20-9-12-38-98-74-70(94)64-62-63(68(92)48(4)71(64)101-74)69(93)67(83-73(95)47(3)19-14-17-45)72-66(62)82-65-56(88)40-53(41-58(65)100-72)84-36-27-54(28-37-84)86(6,7)43-50-21-23-52(24-22-50)78-33-34-80-75(96)77(30-15-31-77)76(97)81-55(51-29-39-102-44-51)42-59(89)79-32-10-8-11-35-85-60(90)25-26-61(85)91/h12,14,17,19,21-26,29,38-41,44-46,54-55,57,74,78H,8-11,13,15-16,18,20,27-28,30-37,42-43H2,1-7H3,(H5-,79,80,81,82,83,88,89,90,91,92,93,94,95,96,97)/p+1/b17-14+,38-12+,47-19-/t45-,46-,55-,57-,74+/m1/s1. The number of phenolic OH excluding ortho intramolecular Hbond substituents is 1. The number of piperidine rings is 1. The first-order chi connectivity index (χ1) is 48.9. The summed E-state index contributed by atoms with van der Waals surface area (Å²) in [5, 5.41) is 42.4. The van der Waals surface area contributed by atoms with Crippen LogP contribution >= 0.6 is 11.3 Å². The summed E-state index contributed by atoms with van der Waals surface area (Å²) in [7, 11) is 4.42. The zero-order chi connectivity index (χ0) is 72.6. The van der Waals surface area contributed by atoms with Gasteiger partial charge in [0.05, 0.1) is 49.5 Å². The van der Waals surface area contributed by atoms with Crippen molar-refractivity contribution in [3.05, 3.63) is 144 Å². The van der Waals surface area contributed by atoms with E-state index in [2.05, 4.69) is 71.6 Å². The molecule has 6 heterocycles. The van der Waals surface area contributed by atoms with Crippen LogP contribution in [0.25, 0.3) is 38.7 Å². The molecule has 1 saturated carbocycles. The van der Waals surface area contributed by atoms with Crippen LogP contribution in [-0.4, -0.2) is 138 Å². The minimum Gasteiger partial charge on any atom is -0.507 e. The Labute approximate surface area is 595 Å². The number of anilines is 3. The number of carbonyl (C=O) groups excluding carboxylic acids is 7. The fourth-order valence-electron chi connectivity index (χ4n) is 14.4. The Morgan fingerprint density at radius 3 is 2.32 bits per heavy atom. The number of imide groups is 1. The number of quaternary nitrogens is 1. The van der Waals surface area contributed by atoms with Gasteiger partial charge in [-0.15, -0.1) is 0 Å². The number of hydrogen-bond donors (Lipinski definition) is 7. The minimum absolute atomic E-state index is 0.00343. The Bertz CT molecular complexity index is 4490. The van der Waals surface area contributed by atoms with Gasteiger partial charge in [0.2, 0.25) is 28.6 Å². The lowest BCUT2D eigenvalue weighted by molar-refractivity contribution is -0.928. The van der Waals surface area contributed by atoms with E-state index in [0.29, 0.717) is 87.8 Å². The molecule has 5 aliphatic rings. The number of nitrogens with zero attached hydrogens (tertiary/aromatic N) is 4. The second-order valence-electron chi connectivity index (χ2n) is 28.3. The van der Waals surface area contributed by atoms with Crippen LogP contribution in [0.1, 0.15) is 140 Å². The molecule has 2 fully saturated rings. The number of unbranched alkanes of at least 4 members (excludes halogenated alkanes) is 2. The second kappa shape index (κ2) is 32.0. The molecular formula is C77H92N9O15S+. The highest BCUT2D eigenvalue weighted by Gasteiger charge is 2.51. The third kappa shape index (κ3) is 16.4. The van der Waals surface area contributed by atoms with Gasteiger partial charge in [0, 0.05) is 117 Å². The molecule has 0 spiro atoms. The molecule has 6 aromatic rings. The Kier molecular flexibility index (Phi) is 23.0. The molecule has 24 nitrogen and oxygen atoms in total. The fourth-order valence-corrected chi connectivity index (χ4v) is 15.1. The van der Waals surface area contributed by atoms with E-state index in [4.69, 9.17) is 23.6 Å². The number of thiophene rings is 1. The summed E-state index contributed by atoms with van der Waals surface area (Å²) in [5.41, 5.74) is 0.503. The second-order valence-corrected chi connectivity index (χ2v) is 29.1. The van der Waals surface area contributed by atoms with Crippen molar-refractivity contribution in [2.45, 2.75) is 156 Å². The Morgan fingerprint density at radius 2 is 1.62 bits per heavy atom. The maximum Gasteiger partial charge on any atom is 0.302 e. The van der Waals surface area contributed by atoms with Crippen molar-refractivity contribution < 1.29 is 66.9 Å². The van der Waals surface area contributed by atoms with Crippen LogP contribution in [0.5, 0.6) is 11.5 Å². The molecule has 1 saturated heterocycles. The van der Waals surface area contributed by atoms with E-state index < -0.39 is 51.9 Å². The quantitative estimate of drug-likeness (QED) is 0.00670. The number of hydrogen-bond acceptors (Lipinski definition) is 19. The number of allylic oxidation sites excluding steroid dienone is 4. The first-order valence-corrected chi connectivity index (χ1v) is 36.3. The van der Waals surface area contributed by atoms with E-state index in [-0.39, 0.29) is 127 Å². The minimum atomic E-state index is -1.42. The van der Waals surface area contributed by atoms with E-state index >= 15 is 4.79 Å². The highest BCUT2D eigenvalue weighted by Crippen LogP contribution is 2.43. The van der Waals surface area contributed by atoms with Crippen molar-refractivity contribution in [2.75, 3.05) is 68.9 Å². The number of nitrogens with one attached hydrogen (secondary N) is 5. The number of rotatable bonds is 21. The molecule has 102 heavy (non-hydrogen) atoms. The zero-order valence-electron chi connectivity index (χ0n) is 58.9. The number of fused-ring (bicyclic) bond motifs is 2. The summed E-state index contributed by atoms with van der Waals surface area (Å²) in [6.07, 6.45) is 17.9. The lowest BCUT2D eigenvalue weighted by atomic mass is 9.67. The average Bonchev–Trinajstić information content (AvgIpc) is 1.28. The number of amides is 6. The predicted octanol–water partition coefficient (Wildman–Crippen LogP) is 9.58. The molecule has 25 heteroatoms. The number of benzene rings is 4. The van der Waals surface area contributed by atoms with Crippen LogP contribution in [0.2, 0.25) is 0 Å². The summed E-state index contributed by atoms with van der Waals surface area (Å²) >= 11 is 1.45. The number of carbonyl (C=O) groups is 7. The average molecular weight is 1420 g/mol. The molecule has 4 aliphatic heterocycles. The van der Waals surface area contributed by atoms with Crippen LogP contribution in [0, 0.1) is 24.2 Å². The molecule has 4 bridgehead atoms. The van der Waals surface area contributed by atoms with Gasteiger partial charge in [-0.05, 0) is 124 Å². The van der Waals surface area contributed by atoms with Gasteiger partial charge in [0.15, 0.2) is 22.4 Å². The van der Waals surface area contributed by atoms with Crippen LogP contribution < -0.4 is 52.3 Å². The SMILES string of the molecule is CC(=O)O[C@@H]1CC/C=C/O[C@H]2Oc3c(C)c(O)c4c(=O)c(c5oc6cc(N7CCC([N+](C)(C)Cc8ccc(NCCNC(=O)C9(C(=O)N[C@H](CC(=O)NCCCCCN%10C(=O)C=CC%10=O)c%10ccsc%10)CCC9)cc8)CC7)cc(=O)c6nc5c4c3=C2O)NC(=O)/C(C)=C\C=C\[C@H](C)CCC[C@H]1C. The van der Waals surface area contributed by atoms with E-state index in [1.54, 1.807) is 31.2 Å². The molecule has 5 atom stereocenters. The van der Waals surface area contributed by atoms with Gasteiger partial charge in [-0.3, -0.25) is 48.1 Å². The lowest BCUT2D eigenvalue weighted by Crippen LogP contribution is -2.56.